The Balaban J connectivity index is 1.65. The quantitative estimate of drug-likeness (QED) is 0.335. The van der Waals surface area contributed by atoms with Gasteiger partial charge in [0.05, 0.1) is 15.6 Å². The molecule has 2 amide bonds. The van der Waals surface area contributed by atoms with Gasteiger partial charge in [0, 0.05) is 12.6 Å². The zero-order valence-corrected chi connectivity index (χ0v) is 23.9. The lowest BCUT2D eigenvalue weighted by atomic mass is 10.1. The molecule has 3 aromatic carbocycles. The third kappa shape index (κ3) is 7.20. The highest BCUT2D eigenvalue weighted by atomic mass is 35.5. The second-order valence-electron chi connectivity index (χ2n) is 9.91. The summed E-state index contributed by atoms with van der Waals surface area (Å²) in [6.45, 7) is 1.25. The Labute approximate surface area is 240 Å². The van der Waals surface area contributed by atoms with Crippen LogP contribution in [0.2, 0.25) is 5.02 Å². The molecule has 0 heterocycles. The van der Waals surface area contributed by atoms with Crippen molar-refractivity contribution in [2.24, 2.45) is 0 Å². The van der Waals surface area contributed by atoms with Crippen LogP contribution in [-0.2, 0) is 26.0 Å². The third-order valence-corrected chi connectivity index (χ3v) is 9.23. The van der Waals surface area contributed by atoms with Gasteiger partial charge in [-0.1, -0.05) is 73.0 Å². The first-order valence-electron chi connectivity index (χ1n) is 13.3. The molecule has 1 saturated carbocycles. The minimum Gasteiger partial charge on any atom is -0.352 e. The molecular formula is C30H33ClFN3O4S. The van der Waals surface area contributed by atoms with Gasteiger partial charge in [0.15, 0.2) is 0 Å². The van der Waals surface area contributed by atoms with Gasteiger partial charge >= 0.3 is 0 Å². The molecule has 4 rings (SSSR count). The van der Waals surface area contributed by atoms with Crippen molar-refractivity contribution in [2.45, 2.75) is 56.0 Å². The number of hydrogen-bond acceptors (Lipinski definition) is 4. The van der Waals surface area contributed by atoms with Crippen LogP contribution in [0.25, 0.3) is 0 Å². The largest absolute Gasteiger partial charge is 0.352 e. The highest BCUT2D eigenvalue weighted by Crippen LogP contribution is 2.28. The van der Waals surface area contributed by atoms with E-state index in [9.17, 15) is 22.4 Å². The number of amides is 2. The summed E-state index contributed by atoms with van der Waals surface area (Å²) in [5, 5.41) is 2.77. The number of nitrogens with zero attached hydrogens (tertiary/aromatic N) is 2. The molecule has 10 heteroatoms. The summed E-state index contributed by atoms with van der Waals surface area (Å²) >= 11 is 6.00. The van der Waals surface area contributed by atoms with E-state index in [1.807, 2.05) is 30.3 Å². The maximum Gasteiger partial charge on any atom is 0.264 e. The Hall–Kier alpha value is -3.43. The molecule has 3 aromatic rings. The molecule has 0 radical (unpaired) electrons. The second-order valence-corrected chi connectivity index (χ2v) is 12.2. The maximum absolute atomic E-state index is 14.0. The molecule has 40 heavy (non-hydrogen) atoms. The van der Waals surface area contributed by atoms with E-state index in [1.54, 1.807) is 25.1 Å². The number of nitrogens with one attached hydrogen (secondary N) is 1. The van der Waals surface area contributed by atoms with Crippen molar-refractivity contribution in [1.29, 1.82) is 0 Å². The van der Waals surface area contributed by atoms with Crippen molar-refractivity contribution in [3.05, 3.63) is 95.3 Å². The number of carbonyl (C=O) groups is 2. The molecule has 0 bridgehead atoms. The Morgan fingerprint density at radius 2 is 1.62 bits per heavy atom. The van der Waals surface area contributed by atoms with Gasteiger partial charge in [0.2, 0.25) is 11.8 Å². The summed E-state index contributed by atoms with van der Waals surface area (Å²) in [6, 6.07) is 19.9. The monoisotopic (exact) mass is 585 g/mol. The Bertz CT molecular complexity index is 1420. The molecule has 0 spiro atoms. The first-order chi connectivity index (χ1) is 19.2. The van der Waals surface area contributed by atoms with Crippen LogP contribution in [0.1, 0.15) is 38.2 Å². The van der Waals surface area contributed by atoms with Crippen LogP contribution < -0.4 is 9.62 Å². The lowest BCUT2D eigenvalue weighted by Gasteiger charge is -2.32. The van der Waals surface area contributed by atoms with Gasteiger partial charge in [-0.3, -0.25) is 13.9 Å². The van der Waals surface area contributed by atoms with Gasteiger partial charge in [0.25, 0.3) is 10.0 Å². The number of benzene rings is 3. The first-order valence-corrected chi connectivity index (χ1v) is 15.1. The van der Waals surface area contributed by atoms with Crippen molar-refractivity contribution >= 4 is 39.1 Å². The molecule has 1 aliphatic carbocycles. The van der Waals surface area contributed by atoms with Gasteiger partial charge in [-0.05, 0) is 62.1 Å². The highest BCUT2D eigenvalue weighted by Gasteiger charge is 2.33. The fourth-order valence-corrected chi connectivity index (χ4v) is 6.45. The third-order valence-electron chi connectivity index (χ3n) is 7.15. The molecule has 212 valence electrons. The fraction of sp³-hybridized carbons (Fsp3) is 0.333. The Morgan fingerprint density at radius 1 is 1.00 bits per heavy atom. The molecule has 1 aliphatic rings. The summed E-state index contributed by atoms with van der Waals surface area (Å²) in [7, 11) is -4.24. The van der Waals surface area contributed by atoms with E-state index in [-0.39, 0.29) is 34.1 Å². The molecule has 7 nitrogen and oxygen atoms in total. The van der Waals surface area contributed by atoms with E-state index < -0.39 is 34.3 Å². The lowest BCUT2D eigenvalue weighted by molar-refractivity contribution is -0.139. The SMILES string of the molecule is C[C@H](C(=O)NC1CCCC1)N(CCc1ccccc1)C(=O)CN(c1ccc(F)c(Cl)c1)S(=O)(=O)c1ccccc1. The normalized spacial score (nSPS) is 14.5. The number of rotatable bonds is 11. The highest BCUT2D eigenvalue weighted by molar-refractivity contribution is 7.92. The number of hydrogen-bond donors (Lipinski definition) is 1. The zero-order chi connectivity index (χ0) is 28.7. The van der Waals surface area contributed by atoms with Crippen LogP contribution in [-0.4, -0.2) is 50.3 Å². The molecule has 0 aliphatic heterocycles. The second kappa shape index (κ2) is 13.3. The first kappa shape index (κ1) is 29.6. The van der Waals surface area contributed by atoms with Gasteiger partial charge in [-0.25, -0.2) is 12.8 Å². The number of halogens is 2. The van der Waals surface area contributed by atoms with Crippen LogP contribution in [0.3, 0.4) is 0 Å². The van der Waals surface area contributed by atoms with E-state index in [4.69, 9.17) is 11.6 Å². The molecule has 1 atom stereocenters. The van der Waals surface area contributed by atoms with Gasteiger partial charge in [-0.2, -0.15) is 0 Å². The van der Waals surface area contributed by atoms with Gasteiger partial charge in [0.1, 0.15) is 18.4 Å². The zero-order valence-electron chi connectivity index (χ0n) is 22.3. The number of carbonyl (C=O) groups excluding carboxylic acids is 2. The minimum absolute atomic E-state index is 0.0360. The molecule has 0 saturated heterocycles. The van der Waals surface area contributed by atoms with Gasteiger partial charge in [-0.15, -0.1) is 0 Å². The average Bonchev–Trinajstić information content (AvgIpc) is 3.47. The molecule has 0 unspecified atom stereocenters. The van der Waals surface area contributed by atoms with Crippen molar-refractivity contribution in [1.82, 2.24) is 10.2 Å². The minimum atomic E-state index is -4.24. The number of anilines is 1. The molecular weight excluding hydrogens is 553 g/mol. The van der Waals surface area contributed by atoms with E-state index in [2.05, 4.69) is 5.32 Å². The predicted molar refractivity (Wildman–Crippen MR) is 154 cm³/mol. The molecule has 0 aromatic heterocycles. The standard InChI is InChI=1S/C30H33ClFN3O4S/c1-22(30(37)33-24-12-8-9-13-24)34(19-18-23-10-4-2-5-11-23)29(36)21-35(25-16-17-28(32)27(31)20-25)40(38,39)26-14-6-3-7-15-26/h2-7,10-11,14-17,20,22,24H,8-9,12-13,18-19,21H2,1H3,(H,33,37)/t22-/m1/s1. The predicted octanol–water partition coefficient (Wildman–Crippen LogP) is 5.19. The summed E-state index contributed by atoms with van der Waals surface area (Å²) in [6.07, 6.45) is 4.35. The number of sulfonamides is 1. The average molecular weight is 586 g/mol. The smallest absolute Gasteiger partial charge is 0.264 e. The van der Waals surface area contributed by atoms with E-state index in [1.165, 1.54) is 29.2 Å². The van der Waals surface area contributed by atoms with E-state index >= 15 is 0 Å². The van der Waals surface area contributed by atoms with Crippen LogP contribution >= 0.6 is 11.6 Å². The topological polar surface area (TPSA) is 86.8 Å². The summed E-state index contributed by atoms with van der Waals surface area (Å²) in [4.78, 5) is 28.5. The van der Waals surface area contributed by atoms with Crippen molar-refractivity contribution in [3.63, 3.8) is 0 Å². The Kier molecular flexibility index (Phi) is 9.81. The van der Waals surface area contributed by atoms with E-state index in [0.717, 1.165) is 41.6 Å². The maximum atomic E-state index is 14.0. The molecule has 1 N–H and O–H groups in total. The van der Waals surface area contributed by atoms with Gasteiger partial charge < -0.3 is 10.2 Å². The Morgan fingerprint density at radius 3 is 2.25 bits per heavy atom. The fourth-order valence-electron chi connectivity index (χ4n) is 4.85. The van der Waals surface area contributed by atoms with Crippen LogP contribution in [0.4, 0.5) is 10.1 Å². The molecule has 1 fully saturated rings. The lowest BCUT2D eigenvalue weighted by Crippen LogP contribution is -2.53. The van der Waals surface area contributed by atoms with Crippen LogP contribution in [0.15, 0.2) is 83.8 Å². The van der Waals surface area contributed by atoms with E-state index in [0.29, 0.717) is 6.42 Å². The summed E-state index contributed by atoms with van der Waals surface area (Å²) in [5.41, 5.74) is 1.01. The summed E-state index contributed by atoms with van der Waals surface area (Å²) < 4.78 is 42.4. The van der Waals surface area contributed by atoms with Crippen molar-refractivity contribution in [3.8, 4) is 0 Å². The summed E-state index contributed by atoms with van der Waals surface area (Å²) in [5.74, 6) is -1.56. The van der Waals surface area contributed by atoms with Crippen LogP contribution in [0, 0.1) is 5.82 Å². The van der Waals surface area contributed by atoms with Crippen LogP contribution in [0.5, 0.6) is 0 Å². The van der Waals surface area contributed by atoms with Crippen molar-refractivity contribution < 1.29 is 22.4 Å². The van der Waals surface area contributed by atoms with Crippen molar-refractivity contribution in [2.75, 3.05) is 17.4 Å².